The van der Waals surface area contributed by atoms with Crippen molar-refractivity contribution in [3.8, 4) is 5.75 Å². The molecule has 0 aliphatic heterocycles. The summed E-state index contributed by atoms with van der Waals surface area (Å²) < 4.78 is 23.4. The Bertz CT molecular complexity index is 449. The minimum atomic E-state index is -0.692. The number of hydrogen-bond acceptors (Lipinski definition) is 4. The third kappa shape index (κ3) is 4.16. The van der Waals surface area contributed by atoms with Gasteiger partial charge < -0.3 is 9.47 Å². The zero-order valence-electron chi connectivity index (χ0n) is 10.5. The molecule has 0 aromatic heterocycles. The molecule has 0 atom stereocenters. The molecule has 98 valence electrons. The maximum atomic E-state index is 13.4. The van der Waals surface area contributed by atoms with Gasteiger partial charge >= 0.3 is 5.97 Å². The molecular formula is C13H15FO4. The van der Waals surface area contributed by atoms with Crippen LogP contribution in [0.4, 0.5) is 4.39 Å². The summed E-state index contributed by atoms with van der Waals surface area (Å²) in [6.07, 6.45) is 0.466. The fourth-order valence-corrected chi connectivity index (χ4v) is 1.27. The number of para-hydroxylation sites is 1. The average Bonchev–Trinajstić information content (AvgIpc) is 2.24. The van der Waals surface area contributed by atoms with Gasteiger partial charge in [0, 0.05) is 0 Å². The predicted molar refractivity (Wildman–Crippen MR) is 63.1 cm³/mol. The van der Waals surface area contributed by atoms with Crippen molar-refractivity contribution in [1.82, 2.24) is 0 Å². The maximum Gasteiger partial charge on any atom is 0.344 e. The van der Waals surface area contributed by atoms with Crippen LogP contribution in [0.2, 0.25) is 0 Å². The molecule has 0 bridgehead atoms. The number of benzene rings is 1. The SMILES string of the molecule is CC(C)(C)OC(=O)COc1c(F)cccc1C=O. The third-order valence-corrected chi connectivity index (χ3v) is 1.88. The van der Waals surface area contributed by atoms with Crippen molar-refractivity contribution in [2.45, 2.75) is 26.4 Å². The van der Waals surface area contributed by atoms with E-state index in [1.54, 1.807) is 20.8 Å². The molecule has 1 rings (SSSR count). The molecule has 0 amide bonds. The minimum Gasteiger partial charge on any atom is -0.478 e. The van der Waals surface area contributed by atoms with E-state index in [0.717, 1.165) is 6.07 Å². The summed E-state index contributed by atoms with van der Waals surface area (Å²) in [5.41, 5.74) is -0.582. The number of hydrogen-bond donors (Lipinski definition) is 0. The summed E-state index contributed by atoms with van der Waals surface area (Å²) in [4.78, 5) is 22.1. The van der Waals surface area contributed by atoms with Crippen molar-refractivity contribution in [2.24, 2.45) is 0 Å². The number of esters is 1. The first-order valence-corrected chi connectivity index (χ1v) is 5.42. The molecule has 0 radical (unpaired) electrons. The van der Waals surface area contributed by atoms with E-state index in [2.05, 4.69) is 0 Å². The van der Waals surface area contributed by atoms with Crippen LogP contribution in [0.1, 0.15) is 31.1 Å². The van der Waals surface area contributed by atoms with Crippen LogP contribution in [0.3, 0.4) is 0 Å². The molecule has 0 aliphatic rings. The van der Waals surface area contributed by atoms with Crippen LogP contribution >= 0.6 is 0 Å². The van der Waals surface area contributed by atoms with Gasteiger partial charge in [0.15, 0.2) is 24.5 Å². The van der Waals surface area contributed by atoms with Crippen LogP contribution in [0.15, 0.2) is 18.2 Å². The largest absolute Gasteiger partial charge is 0.478 e. The molecule has 0 N–H and O–H groups in total. The third-order valence-electron chi connectivity index (χ3n) is 1.88. The van der Waals surface area contributed by atoms with Gasteiger partial charge in [0.25, 0.3) is 0 Å². The highest BCUT2D eigenvalue weighted by Crippen LogP contribution is 2.21. The second-order valence-electron chi connectivity index (χ2n) is 4.65. The van der Waals surface area contributed by atoms with Gasteiger partial charge in [0.05, 0.1) is 5.56 Å². The first-order chi connectivity index (χ1) is 8.33. The zero-order chi connectivity index (χ0) is 13.8. The molecule has 0 aliphatic carbocycles. The number of ether oxygens (including phenoxy) is 2. The van der Waals surface area contributed by atoms with E-state index in [1.807, 2.05) is 0 Å². The maximum absolute atomic E-state index is 13.4. The van der Waals surface area contributed by atoms with Gasteiger partial charge in [-0.1, -0.05) is 6.07 Å². The second-order valence-corrected chi connectivity index (χ2v) is 4.65. The lowest BCUT2D eigenvalue weighted by Gasteiger charge is -2.19. The Balaban J connectivity index is 2.69. The highest BCUT2D eigenvalue weighted by atomic mass is 19.1. The number of rotatable bonds is 4. The summed E-state index contributed by atoms with van der Waals surface area (Å²) in [5, 5.41) is 0. The van der Waals surface area contributed by atoms with Crippen LogP contribution in [-0.2, 0) is 9.53 Å². The molecule has 0 saturated heterocycles. The fourth-order valence-electron chi connectivity index (χ4n) is 1.27. The molecule has 0 fully saturated rings. The fraction of sp³-hybridized carbons (Fsp3) is 0.385. The van der Waals surface area contributed by atoms with E-state index >= 15 is 0 Å². The van der Waals surface area contributed by atoms with Gasteiger partial charge in [-0.15, -0.1) is 0 Å². The van der Waals surface area contributed by atoms with Crippen molar-refractivity contribution in [3.63, 3.8) is 0 Å². The van der Waals surface area contributed by atoms with Crippen LogP contribution in [0.5, 0.6) is 5.75 Å². The van der Waals surface area contributed by atoms with Crippen molar-refractivity contribution in [2.75, 3.05) is 6.61 Å². The Kier molecular flexibility index (Phi) is 4.42. The van der Waals surface area contributed by atoms with Crippen molar-refractivity contribution < 1.29 is 23.5 Å². The molecule has 0 saturated carbocycles. The monoisotopic (exact) mass is 254 g/mol. The topological polar surface area (TPSA) is 52.6 Å². The Morgan fingerprint density at radius 3 is 2.61 bits per heavy atom. The molecular weight excluding hydrogens is 239 g/mol. The minimum absolute atomic E-state index is 0.0542. The molecule has 1 aromatic rings. The number of aldehydes is 1. The molecule has 0 unspecified atom stereocenters. The summed E-state index contributed by atoms with van der Waals surface area (Å²) in [7, 11) is 0. The summed E-state index contributed by atoms with van der Waals surface area (Å²) in [5.74, 6) is -1.55. The van der Waals surface area contributed by atoms with Crippen LogP contribution in [0, 0.1) is 5.82 Å². The van der Waals surface area contributed by atoms with Crippen molar-refractivity contribution in [3.05, 3.63) is 29.6 Å². The molecule has 1 aromatic carbocycles. The van der Waals surface area contributed by atoms with Gasteiger partial charge in [-0.05, 0) is 32.9 Å². The van der Waals surface area contributed by atoms with Gasteiger partial charge in [0.2, 0.25) is 0 Å². The van der Waals surface area contributed by atoms with Gasteiger partial charge in [-0.25, -0.2) is 9.18 Å². The summed E-state index contributed by atoms with van der Waals surface area (Å²) in [6.45, 7) is 4.69. The highest BCUT2D eigenvalue weighted by Gasteiger charge is 2.18. The van der Waals surface area contributed by atoms with Gasteiger partial charge in [0.1, 0.15) is 5.60 Å². The first kappa shape index (κ1) is 14.2. The van der Waals surface area contributed by atoms with E-state index in [0.29, 0.717) is 6.29 Å². The molecule has 0 heterocycles. The summed E-state index contributed by atoms with van der Waals surface area (Å²) in [6, 6.07) is 3.94. The lowest BCUT2D eigenvalue weighted by Crippen LogP contribution is -2.27. The lowest BCUT2D eigenvalue weighted by atomic mass is 10.2. The number of carbonyl (C=O) groups excluding carboxylic acids is 2. The van der Waals surface area contributed by atoms with E-state index < -0.39 is 24.0 Å². The quantitative estimate of drug-likeness (QED) is 0.611. The standard InChI is InChI=1S/C13H15FO4/c1-13(2,3)18-11(16)8-17-12-9(7-15)5-4-6-10(12)14/h4-7H,8H2,1-3H3. The van der Waals surface area contributed by atoms with E-state index in [9.17, 15) is 14.0 Å². The Morgan fingerprint density at radius 1 is 1.39 bits per heavy atom. The molecule has 18 heavy (non-hydrogen) atoms. The Hall–Kier alpha value is -1.91. The van der Waals surface area contributed by atoms with E-state index in [-0.39, 0.29) is 11.3 Å². The molecule has 0 spiro atoms. The Morgan fingerprint density at radius 2 is 2.06 bits per heavy atom. The zero-order valence-corrected chi connectivity index (χ0v) is 10.5. The average molecular weight is 254 g/mol. The van der Waals surface area contributed by atoms with E-state index in [1.165, 1.54) is 12.1 Å². The molecule has 5 heteroatoms. The highest BCUT2D eigenvalue weighted by molar-refractivity contribution is 5.80. The molecule has 4 nitrogen and oxygen atoms in total. The van der Waals surface area contributed by atoms with Crippen molar-refractivity contribution in [1.29, 1.82) is 0 Å². The van der Waals surface area contributed by atoms with Gasteiger partial charge in [-0.2, -0.15) is 0 Å². The second kappa shape index (κ2) is 5.62. The lowest BCUT2D eigenvalue weighted by molar-refractivity contribution is -0.157. The van der Waals surface area contributed by atoms with Crippen LogP contribution in [-0.4, -0.2) is 24.5 Å². The number of carbonyl (C=O) groups is 2. The Labute approximate surface area is 105 Å². The predicted octanol–water partition coefficient (Wildman–Crippen LogP) is 2.36. The van der Waals surface area contributed by atoms with Gasteiger partial charge in [-0.3, -0.25) is 4.79 Å². The van der Waals surface area contributed by atoms with Crippen molar-refractivity contribution >= 4 is 12.3 Å². The summed E-state index contributed by atoms with van der Waals surface area (Å²) >= 11 is 0. The van der Waals surface area contributed by atoms with Crippen LogP contribution in [0.25, 0.3) is 0 Å². The first-order valence-electron chi connectivity index (χ1n) is 5.42. The normalized spacial score (nSPS) is 10.9. The smallest absolute Gasteiger partial charge is 0.344 e. The van der Waals surface area contributed by atoms with E-state index in [4.69, 9.17) is 9.47 Å². The number of halogens is 1. The van der Waals surface area contributed by atoms with Crippen LogP contribution < -0.4 is 4.74 Å².